The number of hydrogen-bond acceptors (Lipinski definition) is 5. The number of rotatable bonds is 6. The molecule has 1 N–H and O–H groups in total. The van der Waals surface area contributed by atoms with Crippen molar-refractivity contribution < 1.29 is 45.5 Å². The Kier molecular flexibility index (Phi) is 8.88. The fraction of sp³-hybridized carbons (Fsp3) is 0.474. The molecule has 33 heavy (non-hydrogen) atoms. The van der Waals surface area contributed by atoms with Gasteiger partial charge in [0.05, 0.1) is 10.0 Å². The van der Waals surface area contributed by atoms with Crippen molar-refractivity contribution in [3.8, 4) is 5.75 Å². The summed E-state index contributed by atoms with van der Waals surface area (Å²) in [7, 11) is 0. The molecule has 1 saturated heterocycles. The van der Waals surface area contributed by atoms with Crippen molar-refractivity contribution in [1.29, 1.82) is 0 Å². The van der Waals surface area contributed by atoms with E-state index in [1.807, 2.05) is 0 Å². The Morgan fingerprint density at radius 1 is 1.12 bits per heavy atom. The Morgan fingerprint density at radius 3 is 2.21 bits per heavy atom. The molecule has 0 spiro atoms. The lowest BCUT2D eigenvalue weighted by molar-refractivity contribution is -0.263. The highest BCUT2D eigenvalue weighted by Gasteiger charge is 2.52. The summed E-state index contributed by atoms with van der Waals surface area (Å²) in [6, 6.07) is 0.383. The van der Waals surface area contributed by atoms with Gasteiger partial charge in [-0.05, 0) is 37.9 Å². The average Bonchev–Trinajstić information content (AvgIpc) is 2.73. The summed E-state index contributed by atoms with van der Waals surface area (Å²) < 4.78 is 84.1. The van der Waals surface area contributed by atoms with Gasteiger partial charge in [0.15, 0.2) is 0 Å². The third-order valence-electron chi connectivity index (χ3n) is 4.67. The highest BCUT2D eigenvalue weighted by atomic mass is 35.5. The summed E-state index contributed by atoms with van der Waals surface area (Å²) in [5, 5.41) is 2.12. The van der Waals surface area contributed by atoms with E-state index in [1.54, 1.807) is 0 Å². The Morgan fingerprint density at radius 2 is 1.70 bits per heavy atom. The molecule has 0 bridgehead atoms. The third kappa shape index (κ3) is 6.90. The van der Waals surface area contributed by atoms with E-state index >= 15 is 0 Å². The maximum absolute atomic E-state index is 13.4. The van der Waals surface area contributed by atoms with Gasteiger partial charge in [0.25, 0.3) is 0 Å². The highest BCUT2D eigenvalue weighted by Crippen LogP contribution is 2.44. The Bertz CT molecular complexity index is 888. The van der Waals surface area contributed by atoms with Crippen LogP contribution in [0.3, 0.4) is 0 Å². The van der Waals surface area contributed by atoms with Crippen molar-refractivity contribution in [3.63, 3.8) is 0 Å². The van der Waals surface area contributed by atoms with E-state index in [0.29, 0.717) is 0 Å². The van der Waals surface area contributed by atoms with Crippen LogP contribution < -0.4 is 10.1 Å². The van der Waals surface area contributed by atoms with Gasteiger partial charge >= 0.3 is 24.2 Å². The summed E-state index contributed by atoms with van der Waals surface area (Å²) in [6.45, 7) is 3.86. The van der Waals surface area contributed by atoms with Crippen LogP contribution in [0.1, 0.15) is 24.4 Å². The van der Waals surface area contributed by atoms with E-state index in [9.17, 15) is 35.9 Å². The second kappa shape index (κ2) is 10.8. The van der Waals surface area contributed by atoms with Crippen molar-refractivity contribution in [2.75, 3.05) is 19.7 Å². The van der Waals surface area contributed by atoms with Crippen LogP contribution in [0.25, 0.3) is 0 Å². The molecular weight excluding hydrogens is 505 g/mol. The molecular formula is C19H18Cl2F6N2O4. The molecule has 1 atom stereocenters. The minimum Gasteiger partial charge on any atom is -0.489 e. The Hall–Kier alpha value is -2.18. The average molecular weight is 523 g/mol. The van der Waals surface area contributed by atoms with Crippen LogP contribution in [-0.2, 0) is 14.4 Å². The normalized spacial score (nSPS) is 16.1. The van der Waals surface area contributed by atoms with Gasteiger partial charge in [0.2, 0.25) is 0 Å². The van der Waals surface area contributed by atoms with Gasteiger partial charge in [-0.1, -0.05) is 35.9 Å². The topological polar surface area (TPSA) is 67.9 Å². The van der Waals surface area contributed by atoms with E-state index in [4.69, 9.17) is 27.9 Å². The molecule has 1 fully saturated rings. The Labute approximate surface area is 194 Å². The van der Waals surface area contributed by atoms with Gasteiger partial charge in [-0.15, -0.1) is 0 Å². The third-order valence-corrected chi connectivity index (χ3v) is 5.39. The number of carbonyl (C=O) groups is 2. The zero-order valence-corrected chi connectivity index (χ0v) is 18.2. The fourth-order valence-corrected chi connectivity index (χ4v) is 3.60. The number of amides is 1. The minimum atomic E-state index is -5.66. The van der Waals surface area contributed by atoms with Crippen molar-refractivity contribution in [2.24, 2.45) is 5.92 Å². The lowest BCUT2D eigenvalue weighted by atomic mass is 9.85. The molecule has 0 saturated carbocycles. The minimum absolute atomic E-state index is 0.0653. The second-order valence-corrected chi connectivity index (χ2v) is 7.76. The molecule has 0 radical (unpaired) electrons. The molecule has 14 heteroatoms. The second-order valence-electron chi connectivity index (χ2n) is 6.94. The number of benzene rings is 1. The predicted molar refractivity (Wildman–Crippen MR) is 106 cm³/mol. The zero-order chi connectivity index (χ0) is 25.0. The molecule has 2 rings (SSSR count). The molecule has 184 valence electrons. The lowest BCUT2D eigenvalue weighted by Gasteiger charge is -2.38. The van der Waals surface area contributed by atoms with E-state index in [0.717, 1.165) is 12.1 Å². The van der Waals surface area contributed by atoms with Gasteiger partial charge in [0, 0.05) is 11.6 Å². The quantitative estimate of drug-likeness (QED) is 0.323. The number of carbonyl (C=O) groups excluding carboxylic acids is 2. The maximum atomic E-state index is 13.4. The molecule has 1 amide bonds. The van der Waals surface area contributed by atoms with Crippen LogP contribution in [-0.4, -0.2) is 49.0 Å². The Balaban J connectivity index is 2.71. The van der Waals surface area contributed by atoms with Crippen molar-refractivity contribution in [3.05, 3.63) is 40.4 Å². The number of nitrogens with one attached hydrogen (secondary N) is 1. The van der Waals surface area contributed by atoms with Crippen molar-refractivity contribution >= 4 is 35.1 Å². The van der Waals surface area contributed by atoms with Gasteiger partial charge in [-0.3, -0.25) is 4.79 Å². The van der Waals surface area contributed by atoms with Crippen molar-refractivity contribution in [2.45, 2.75) is 31.2 Å². The van der Waals surface area contributed by atoms with Crippen LogP contribution in [0.5, 0.6) is 5.75 Å². The first-order chi connectivity index (χ1) is 15.3. The first-order valence-electron chi connectivity index (χ1n) is 9.40. The van der Waals surface area contributed by atoms with E-state index in [-0.39, 0.29) is 53.9 Å². The van der Waals surface area contributed by atoms with E-state index in [1.165, 1.54) is 6.08 Å². The van der Waals surface area contributed by atoms with Gasteiger partial charge in [-0.25, -0.2) is 4.79 Å². The number of hydrogen-bond donors (Lipinski definition) is 1. The lowest BCUT2D eigenvalue weighted by Crippen LogP contribution is -2.49. The number of nitrogens with zero attached hydrogens (tertiary/aromatic N) is 1. The van der Waals surface area contributed by atoms with Crippen LogP contribution in [0, 0.1) is 5.92 Å². The number of ether oxygens (including phenoxy) is 1. The van der Waals surface area contributed by atoms with Crippen LogP contribution in [0.4, 0.5) is 26.3 Å². The molecule has 0 aliphatic carbocycles. The molecule has 1 aromatic rings. The van der Waals surface area contributed by atoms with Crippen LogP contribution >= 0.6 is 23.2 Å². The molecule has 0 aromatic heterocycles. The first-order valence-corrected chi connectivity index (χ1v) is 10.2. The number of piperidine rings is 1. The summed E-state index contributed by atoms with van der Waals surface area (Å²) >= 11 is 12.0. The molecule has 1 aliphatic heterocycles. The molecule has 1 heterocycles. The zero-order valence-electron chi connectivity index (χ0n) is 16.7. The van der Waals surface area contributed by atoms with Gasteiger partial charge in [0.1, 0.15) is 18.4 Å². The van der Waals surface area contributed by atoms with E-state index in [2.05, 4.69) is 16.7 Å². The largest absolute Gasteiger partial charge is 0.493 e. The predicted octanol–water partition coefficient (Wildman–Crippen LogP) is 5.01. The van der Waals surface area contributed by atoms with Gasteiger partial charge < -0.3 is 14.9 Å². The standard InChI is InChI=1S/C19H18Cl2F6N2O4/c1-2-7-32-14-9-13(21)12(20)8-11(14)15(10-3-5-28-6-4-10)29(16(30)18(22,23)24)33-17(31)19(25,26)27/h2,8-10,15,28H,1,3-7H2. The first kappa shape index (κ1) is 27.1. The summed E-state index contributed by atoms with van der Waals surface area (Å²) in [6.07, 6.45) is -9.75. The smallest absolute Gasteiger partial charge is 0.489 e. The summed E-state index contributed by atoms with van der Waals surface area (Å²) in [4.78, 5) is 27.7. The van der Waals surface area contributed by atoms with Crippen molar-refractivity contribution in [1.82, 2.24) is 10.4 Å². The SMILES string of the molecule is C=CCOc1cc(Cl)c(Cl)cc1C(C1CCNCC1)N(OC(=O)C(F)(F)F)C(=O)C(F)(F)F. The van der Waals surface area contributed by atoms with E-state index < -0.39 is 41.3 Å². The molecule has 6 nitrogen and oxygen atoms in total. The number of alkyl halides is 6. The molecule has 1 aromatic carbocycles. The maximum Gasteiger partial charge on any atom is 0.493 e. The summed E-state index contributed by atoms with van der Waals surface area (Å²) in [5.41, 5.74) is -0.217. The van der Waals surface area contributed by atoms with Crippen LogP contribution in [0.15, 0.2) is 24.8 Å². The van der Waals surface area contributed by atoms with Gasteiger partial charge in [-0.2, -0.15) is 31.4 Å². The van der Waals surface area contributed by atoms with Crippen LogP contribution in [0.2, 0.25) is 10.0 Å². The highest BCUT2D eigenvalue weighted by molar-refractivity contribution is 6.42. The number of hydroxylamine groups is 2. The monoisotopic (exact) mass is 522 g/mol. The number of halogens is 8. The fourth-order valence-electron chi connectivity index (χ4n) is 3.27. The summed E-state index contributed by atoms with van der Waals surface area (Å²) in [5.74, 6) is -6.82. The molecule has 1 unspecified atom stereocenters. The molecule has 1 aliphatic rings.